The zero-order valence-electron chi connectivity index (χ0n) is 23.2. The van der Waals surface area contributed by atoms with Crippen molar-refractivity contribution in [2.45, 2.75) is 43.9 Å². The second-order valence-corrected chi connectivity index (χ2v) is 12.8. The molecule has 0 aromatic heterocycles. The number of carbonyl (C=O) groups is 2. The van der Waals surface area contributed by atoms with Crippen molar-refractivity contribution in [2.24, 2.45) is 5.92 Å². The minimum atomic E-state index is -4.71. The second kappa shape index (κ2) is 12.5. The zero-order chi connectivity index (χ0) is 30.7. The monoisotopic (exact) mass is 612 g/mol. The number of rotatable bonds is 9. The van der Waals surface area contributed by atoms with Gasteiger partial charge >= 0.3 is 6.18 Å². The highest BCUT2D eigenvalue weighted by Crippen LogP contribution is 2.39. The van der Waals surface area contributed by atoms with Crippen molar-refractivity contribution in [1.82, 2.24) is 9.21 Å². The Morgan fingerprint density at radius 2 is 1.74 bits per heavy atom. The fourth-order valence-corrected chi connectivity index (χ4v) is 6.32. The Kier molecular flexibility index (Phi) is 9.38. The Labute approximate surface area is 242 Å². The summed E-state index contributed by atoms with van der Waals surface area (Å²) in [6, 6.07) is 9.63. The topological polar surface area (TPSA) is 142 Å². The minimum absolute atomic E-state index is 0.122. The van der Waals surface area contributed by atoms with Gasteiger partial charge in [-0.25, -0.2) is 8.42 Å². The minimum Gasteiger partial charge on any atom is -0.484 e. The number of hydrogen-bond donors (Lipinski definition) is 3. The van der Waals surface area contributed by atoms with E-state index in [-0.39, 0.29) is 50.8 Å². The molecule has 1 unspecified atom stereocenters. The van der Waals surface area contributed by atoms with Gasteiger partial charge in [-0.1, -0.05) is 25.0 Å². The van der Waals surface area contributed by atoms with E-state index in [9.17, 15) is 36.3 Å². The Balaban J connectivity index is 1.44. The van der Waals surface area contributed by atoms with Gasteiger partial charge in [0.2, 0.25) is 10.0 Å². The van der Waals surface area contributed by atoms with Crippen LogP contribution in [0.1, 0.15) is 36.8 Å². The summed E-state index contributed by atoms with van der Waals surface area (Å²) in [4.78, 5) is 27.6. The molecule has 2 aromatic carbocycles. The van der Waals surface area contributed by atoms with Gasteiger partial charge in [-0.05, 0) is 54.7 Å². The number of aliphatic hydroxyl groups is 1. The average molecular weight is 613 g/mol. The van der Waals surface area contributed by atoms with Crippen LogP contribution in [-0.2, 0) is 32.2 Å². The molecular formula is C28H35F3N4O6S. The predicted molar refractivity (Wildman–Crippen MR) is 150 cm³/mol. The molecule has 1 saturated heterocycles. The molecule has 2 fully saturated rings. The molecule has 4 N–H and O–H groups in total. The molecule has 0 spiro atoms. The number of nitrogen functional groups attached to an aromatic ring is 1. The summed E-state index contributed by atoms with van der Waals surface area (Å²) in [6.07, 6.45) is -0.927. The van der Waals surface area contributed by atoms with E-state index >= 15 is 0 Å². The normalized spacial score (nSPS) is 18.5. The third-order valence-corrected chi connectivity index (χ3v) is 9.14. The number of alkyl halides is 3. The second-order valence-electron chi connectivity index (χ2n) is 10.8. The van der Waals surface area contributed by atoms with Crippen LogP contribution < -0.4 is 15.8 Å². The van der Waals surface area contributed by atoms with Crippen molar-refractivity contribution in [3.8, 4) is 5.75 Å². The maximum Gasteiger partial charge on any atom is 0.418 e. The summed E-state index contributed by atoms with van der Waals surface area (Å²) in [5.41, 5.74) is 2.41. The van der Waals surface area contributed by atoms with Crippen LogP contribution in [0, 0.1) is 5.92 Å². The standard InChI is InChI=1S/C28H35F3N4O6S/c1-42(39,40)35-13-11-34(12-14-35)25(36)18-41-22-8-4-5-19(15-22)17-27(38,20-6-2-3-7-20)26(37)33-21-9-10-24(32)23(16-21)28(29,30)31/h4-5,8-10,15-16,20,38H,2-3,6-7,11-14,17-18,32H2,1H3,(H,33,37). The van der Waals surface area contributed by atoms with Gasteiger partial charge in [0.1, 0.15) is 11.4 Å². The van der Waals surface area contributed by atoms with Crippen LogP contribution in [0.3, 0.4) is 0 Å². The highest BCUT2D eigenvalue weighted by molar-refractivity contribution is 7.88. The number of anilines is 2. The molecule has 0 bridgehead atoms. The van der Waals surface area contributed by atoms with E-state index in [1.54, 1.807) is 24.3 Å². The van der Waals surface area contributed by atoms with Crippen molar-refractivity contribution in [3.05, 3.63) is 53.6 Å². The molecule has 10 nitrogen and oxygen atoms in total. The van der Waals surface area contributed by atoms with Gasteiger partial charge in [-0.15, -0.1) is 0 Å². The predicted octanol–water partition coefficient (Wildman–Crippen LogP) is 2.87. The van der Waals surface area contributed by atoms with Crippen molar-refractivity contribution in [2.75, 3.05) is 50.1 Å². The fourth-order valence-electron chi connectivity index (χ4n) is 5.49. The van der Waals surface area contributed by atoms with E-state index in [2.05, 4.69) is 5.32 Å². The van der Waals surface area contributed by atoms with Gasteiger partial charge < -0.3 is 25.8 Å². The van der Waals surface area contributed by atoms with E-state index in [0.29, 0.717) is 24.2 Å². The molecule has 0 radical (unpaired) electrons. The molecule has 1 aliphatic carbocycles. The van der Waals surface area contributed by atoms with E-state index in [1.807, 2.05) is 0 Å². The first-order valence-electron chi connectivity index (χ1n) is 13.6. The van der Waals surface area contributed by atoms with Crippen molar-refractivity contribution >= 4 is 33.2 Å². The number of carbonyl (C=O) groups excluding carboxylic acids is 2. The SMILES string of the molecule is CS(=O)(=O)N1CCN(C(=O)COc2cccc(CC(O)(C(=O)Nc3ccc(N)c(C(F)(F)F)c3)C3CCCC3)c2)CC1. The van der Waals surface area contributed by atoms with Gasteiger partial charge in [0.25, 0.3) is 11.8 Å². The van der Waals surface area contributed by atoms with E-state index < -0.39 is 44.9 Å². The molecule has 42 heavy (non-hydrogen) atoms. The quantitative estimate of drug-likeness (QED) is 0.370. The van der Waals surface area contributed by atoms with Gasteiger partial charge in [0, 0.05) is 44.0 Å². The van der Waals surface area contributed by atoms with E-state index in [0.717, 1.165) is 31.2 Å². The molecule has 2 aliphatic rings. The largest absolute Gasteiger partial charge is 0.484 e. The van der Waals surface area contributed by atoms with Crippen molar-refractivity contribution < 1.29 is 41.0 Å². The number of piperazine rings is 1. The summed E-state index contributed by atoms with van der Waals surface area (Å²) < 4.78 is 70.4. The summed E-state index contributed by atoms with van der Waals surface area (Å²) in [6.45, 7) is 0.620. The molecule has 230 valence electrons. The zero-order valence-corrected chi connectivity index (χ0v) is 24.0. The molecule has 2 amide bonds. The van der Waals surface area contributed by atoms with Crippen LogP contribution in [0.2, 0.25) is 0 Å². The van der Waals surface area contributed by atoms with Crippen LogP contribution in [0.4, 0.5) is 24.5 Å². The molecule has 14 heteroatoms. The van der Waals surface area contributed by atoms with Crippen LogP contribution in [0.25, 0.3) is 0 Å². The summed E-state index contributed by atoms with van der Waals surface area (Å²) >= 11 is 0. The highest BCUT2D eigenvalue weighted by atomic mass is 32.2. The molecule has 4 rings (SSSR count). The molecule has 1 aliphatic heterocycles. The molecule has 1 saturated carbocycles. The summed E-state index contributed by atoms with van der Waals surface area (Å²) in [7, 11) is -3.33. The van der Waals surface area contributed by atoms with Gasteiger partial charge in [0.05, 0.1) is 11.8 Å². The first kappa shape index (κ1) is 31.6. The van der Waals surface area contributed by atoms with Gasteiger partial charge in [-0.3, -0.25) is 9.59 Å². The first-order chi connectivity index (χ1) is 19.7. The molecule has 1 heterocycles. The molecule has 2 aromatic rings. The van der Waals surface area contributed by atoms with Crippen molar-refractivity contribution in [3.63, 3.8) is 0 Å². The van der Waals surface area contributed by atoms with Gasteiger partial charge in [0.15, 0.2) is 6.61 Å². The first-order valence-corrected chi connectivity index (χ1v) is 15.5. The lowest BCUT2D eigenvalue weighted by Crippen LogP contribution is -2.51. The van der Waals surface area contributed by atoms with Crippen molar-refractivity contribution in [1.29, 1.82) is 0 Å². The lowest BCUT2D eigenvalue weighted by molar-refractivity contribution is -0.140. The van der Waals surface area contributed by atoms with Crippen LogP contribution in [-0.4, -0.2) is 79.2 Å². The lowest BCUT2D eigenvalue weighted by Gasteiger charge is -2.33. The van der Waals surface area contributed by atoms with E-state index in [1.165, 1.54) is 15.3 Å². The van der Waals surface area contributed by atoms with Crippen LogP contribution in [0.15, 0.2) is 42.5 Å². The Bertz CT molecular complexity index is 1410. The number of benzene rings is 2. The Hall–Kier alpha value is -3.36. The van der Waals surface area contributed by atoms with E-state index in [4.69, 9.17) is 10.5 Å². The number of nitrogens with zero attached hydrogens (tertiary/aromatic N) is 2. The fraction of sp³-hybridized carbons (Fsp3) is 0.500. The number of amides is 2. The molecular weight excluding hydrogens is 577 g/mol. The van der Waals surface area contributed by atoms with Crippen LogP contribution >= 0.6 is 0 Å². The van der Waals surface area contributed by atoms with Gasteiger partial charge in [-0.2, -0.15) is 17.5 Å². The number of hydrogen-bond acceptors (Lipinski definition) is 7. The average Bonchev–Trinajstić information content (AvgIpc) is 3.48. The van der Waals surface area contributed by atoms with Crippen LogP contribution in [0.5, 0.6) is 5.75 Å². The number of ether oxygens (including phenoxy) is 1. The Morgan fingerprint density at radius 1 is 1.07 bits per heavy atom. The Morgan fingerprint density at radius 3 is 2.36 bits per heavy atom. The smallest absolute Gasteiger partial charge is 0.418 e. The third kappa shape index (κ3) is 7.53. The number of nitrogens with two attached hydrogens (primary N) is 1. The third-order valence-electron chi connectivity index (χ3n) is 7.84. The molecule has 1 atom stereocenters. The lowest BCUT2D eigenvalue weighted by atomic mass is 9.80. The number of nitrogens with one attached hydrogen (secondary N) is 1. The summed E-state index contributed by atoms with van der Waals surface area (Å²) in [5.74, 6) is -1.21. The maximum atomic E-state index is 13.4. The number of sulfonamides is 1. The highest BCUT2D eigenvalue weighted by Gasteiger charge is 2.45. The summed E-state index contributed by atoms with van der Waals surface area (Å²) in [5, 5.41) is 14.2. The maximum absolute atomic E-state index is 13.4. The number of halogens is 3.